The molecule has 1 heterocycles. The molecule has 0 aliphatic heterocycles. The lowest BCUT2D eigenvalue weighted by Gasteiger charge is -2.09. The van der Waals surface area contributed by atoms with Crippen molar-refractivity contribution in [3.05, 3.63) is 28.6 Å². The van der Waals surface area contributed by atoms with Crippen molar-refractivity contribution in [2.45, 2.75) is 6.92 Å². The number of hydrogen-bond donors (Lipinski definition) is 1. The number of methoxy groups -OCH3 is 1. The van der Waals surface area contributed by atoms with E-state index in [2.05, 4.69) is 10.4 Å². The molecule has 0 saturated carbocycles. The summed E-state index contributed by atoms with van der Waals surface area (Å²) in [4.78, 5) is 0.407. The molecule has 0 atom stereocenters. The maximum atomic E-state index is 11.9. The van der Waals surface area contributed by atoms with Crippen LogP contribution in [0.2, 0.25) is 0 Å². The zero-order valence-corrected chi connectivity index (χ0v) is 9.51. The summed E-state index contributed by atoms with van der Waals surface area (Å²) in [6.45, 7) is 2.33. The Bertz CT molecular complexity index is 559. The van der Waals surface area contributed by atoms with Crippen molar-refractivity contribution in [1.29, 1.82) is 0 Å². The van der Waals surface area contributed by atoms with Crippen molar-refractivity contribution in [2.24, 2.45) is 0 Å². The van der Waals surface area contributed by atoms with Gasteiger partial charge in [0.2, 0.25) is 5.10 Å². The van der Waals surface area contributed by atoms with Gasteiger partial charge in [-0.3, -0.25) is 5.32 Å². The van der Waals surface area contributed by atoms with Gasteiger partial charge >= 0.3 is 11.5 Å². The second-order valence-corrected chi connectivity index (χ2v) is 3.38. The molecular formula is C10H12N4O3. The Morgan fingerprint density at radius 1 is 1.35 bits per heavy atom. The van der Waals surface area contributed by atoms with Crippen LogP contribution < -0.4 is 19.6 Å². The summed E-state index contributed by atoms with van der Waals surface area (Å²) in [6, 6.07) is 4.62. The van der Waals surface area contributed by atoms with Gasteiger partial charge in [-0.15, -0.1) is 0 Å². The minimum Gasteiger partial charge on any atom is -0.739 e. The third-order valence-corrected chi connectivity index (χ3v) is 2.32. The van der Waals surface area contributed by atoms with Crippen molar-refractivity contribution in [2.75, 3.05) is 19.0 Å². The highest BCUT2D eigenvalue weighted by molar-refractivity contribution is 5.70. The monoisotopic (exact) mass is 236 g/mol. The summed E-state index contributed by atoms with van der Waals surface area (Å²) in [6.07, 6.45) is 0. The van der Waals surface area contributed by atoms with E-state index in [1.807, 2.05) is 6.92 Å². The predicted octanol–water partition coefficient (Wildman–Crippen LogP) is -0.0580. The molecule has 1 N–H and O–H groups in total. The number of nitrogens with zero attached hydrogens (tertiary/aromatic N) is 3. The quantitative estimate of drug-likeness (QED) is 0.596. The third kappa shape index (κ3) is 1.86. The zero-order valence-electron chi connectivity index (χ0n) is 9.51. The molecule has 1 aromatic heterocycles. The summed E-state index contributed by atoms with van der Waals surface area (Å²) in [5, 5.41) is 29.9. The number of ether oxygens (including phenoxy) is 1. The minimum absolute atomic E-state index is 0.0137. The average Bonchev–Trinajstić information content (AvgIpc) is 2.35. The molecule has 90 valence electrons. The molecule has 0 spiro atoms. The number of benzene rings is 1. The largest absolute Gasteiger partial charge is 0.739 e. The van der Waals surface area contributed by atoms with E-state index in [9.17, 15) is 10.4 Å². The molecule has 0 amide bonds. The second-order valence-electron chi connectivity index (χ2n) is 3.38. The molecule has 0 saturated heterocycles. The molecule has 17 heavy (non-hydrogen) atoms. The van der Waals surface area contributed by atoms with Crippen LogP contribution in [0.4, 0.5) is 5.95 Å². The van der Waals surface area contributed by atoms with Gasteiger partial charge in [0.25, 0.3) is 0 Å². The van der Waals surface area contributed by atoms with Crippen LogP contribution in [0.1, 0.15) is 6.92 Å². The van der Waals surface area contributed by atoms with E-state index in [1.54, 1.807) is 6.07 Å². The highest BCUT2D eigenvalue weighted by Gasteiger charge is 2.19. The second kappa shape index (κ2) is 4.28. The fourth-order valence-corrected chi connectivity index (χ4v) is 1.52. The number of rotatable bonds is 3. The Labute approximate surface area is 97.4 Å². The first-order chi connectivity index (χ1) is 8.17. The minimum atomic E-state index is -0.0137. The van der Waals surface area contributed by atoms with Gasteiger partial charge in [-0.2, -0.15) is 0 Å². The Hall–Kier alpha value is -2.31. The molecule has 2 aromatic rings. The number of fused-ring (bicyclic) bond motifs is 1. The molecule has 0 bridgehead atoms. The Morgan fingerprint density at radius 2 is 2.12 bits per heavy atom. The smallest absolute Gasteiger partial charge is 0.460 e. The maximum absolute atomic E-state index is 11.9. The molecule has 7 nitrogen and oxygen atoms in total. The van der Waals surface area contributed by atoms with E-state index < -0.39 is 0 Å². The van der Waals surface area contributed by atoms with Gasteiger partial charge in [0, 0.05) is 4.85 Å². The van der Waals surface area contributed by atoms with Crippen molar-refractivity contribution in [1.82, 2.24) is 5.10 Å². The van der Waals surface area contributed by atoms with Gasteiger partial charge < -0.3 is 15.2 Å². The van der Waals surface area contributed by atoms with Gasteiger partial charge in [0.15, 0.2) is 5.52 Å². The SMILES string of the molecule is CCNc1n[n+]([O-])c2cc(OC)ccc2[n+]1[O-]. The first-order valence-electron chi connectivity index (χ1n) is 5.12. The fourth-order valence-electron chi connectivity index (χ4n) is 1.52. The van der Waals surface area contributed by atoms with E-state index in [-0.39, 0.29) is 17.0 Å². The Morgan fingerprint density at radius 3 is 2.76 bits per heavy atom. The van der Waals surface area contributed by atoms with Crippen molar-refractivity contribution < 1.29 is 14.3 Å². The normalized spacial score (nSPS) is 10.5. The van der Waals surface area contributed by atoms with E-state index >= 15 is 0 Å². The molecule has 0 unspecified atom stereocenters. The molecule has 0 radical (unpaired) electrons. The van der Waals surface area contributed by atoms with Crippen LogP contribution in [0.5, 0.6) is 5.75 Å². The van der Waals surface area contributed by atoms with Crippen LogP contribution in [0, 0.1) is 10.4 Å². The topological polar surface area (TPSA) is 88.0 Å². The van der Waals surface area contributed by atoms with E-state index in [0.29, 0.717) is 21.9 Å². The third-order valence-electron chi connectivity index (χ3n) is 2.32. The zero-order chi connectivity index (χ0) is 12.4. The Kier molecular flexibility index (Phi) is 2.82. The van der Waals surface area contributed by atoms with E-state index in [4.69, 9.17) is 4.74 Å². The van der Waals surface area contributed by atoms with Crippen molar-refractivity contribution in [3.63, 3.8) is 0 Å². The van der Waals surface area contributed by atoms with Gasteiger partial charge in [0.1, 0.15) is 5.75 Å². The van der Waals surface area contributed by atoms with Gasteiger partial charge in [0.05, 0.1) is 19.7 Å². The number of anilines is 1. The molecule has 0 fully saturated rings. The van der Waals surface area contributed by atoms with E-state index in [1.165, 1.54) is 19.2 Å². The first kappa shape index (κ1) is 11.2. The maximum Gasteiger partial charge on any atom is 0.460 e. The van der Waals surface area contributed by atoms with Gasteiger partial charge in [-0.1, -0.05) is 0 Å². The highest BCUT2D eigenvalue weighted by Crippen LogP contribution is 2.15. The van der Waals surface area contributed by atoms with Crippen LogP contribution in [0.15, 0.2) is 18.2 Å². The van der Waals surface area contributed by atoms with Crippen molar-refractivity contribution in [3.8, 4) is 5.75 Å². The van der Waals surface area contributed by atoms with E-state index in [0.717, 1.165) is 0 Å². The van der Waals surface area contributed by atoms with Gasteiger partial charge in [-0.05, 0) is 19.1 Å². The average molecular weight is 236 g/mol. The molecule has 0 aliphatic carbocycles. The fraction of sp³-hybridized carbons (Fsp3) is 0.300. The molecule has 1 aromatic carbocycles. The lowest BCUT2D eigenvalue weighted by Crippen LogP contribution is -2.44. The summed E-state index contributed by atoms with van der Waals surface area (Å²) in [5.41, 5.74) is 0.410. The standard InChI is InChI=1S/C10H12N4O3/c1-3-11-10-12-14(16)9-6-7(17-2)4-5-8(9)13(10)15/h4-6H,3H2,1-2H3,(H,11,12). The van der Waals surface area contributed by atoms with Crippen molar-refractivity contribution >= 4 is 17.0 Å². The lowest BCUT2D eigenvalue weighted by atomic mass is 10.3. The summed E-state index contributed by atoms with van der Waals surface area (Å²) < 4.78 is 5.58. The molecule has 0 aliphatic rings. The van der Waals surface area contributed by atoms with Crippen LogP contribution in [-0.2, 0) is 0 Å². The summed E-state index contributed by atoms with van der Waals surface area (Å²) >= 11 is 0. The molecule has 2 rings (SSSR count). The van der Waals surface area contributed by atoms with Crippen LogP contribution in [0.3, 0.4) is 0 Å². The van der Waals surface area contributed by atoms with Gasteiger partial charge in [-0.25, -0.2) is 4.73 Å². The van der Waals surface area contributed by atoms with Crippen LogP contribution in [0.25, 0.3) is 11.0 Å². The first-order valence-corrected chi connectivity index (χ1v) is 5.12. The number of aromatic nitrogens is 3. The number of nitrogens with one attached hydrogen (secondary N) is 1. The predicted molar refractivity (Wildman–Crippen MR) is 60.4 cm³/mol. The Balaban J connectivity index is 2.69. The highest BCUT2D eigenvalue weighted by atomic mass is 16.5. The van der Waals surface area contributed by atoms with Crippen LogP contribution in [-0.4, -0.2) is 18.8 Å². The summed E-state index contributed by atoms with van der Waals surface area (Å²) in [5.74, 6) is 0.486. The lowest BCUT2D eigenvalue weighted by molar-refractivity contribution is -0.672. The molecular weight excluding hydrogens is 224 g/mol. The summed E-state index contributed by atoms with van der Waals surface area (Å²) in [7, 11) is 1.49. The molecule has 7 heteroatoms. The van der Waals surface area contributed by atoms with Crippen LogP contribution >= 0.6 is 0 Å². The number of hydrogen-bond acceptors (Lipinski definition) is 5.